The topological polar surface area (TPSA) is 59.0 Å². The predicted octanol–water partition coefficient (Wildman–Crippen LogP) is 1.16. The zero-order valence-corrected chi connectivity index (χ0v) is 10.8. The summed E-state index contributed by atoms with van der Waals surface area (Å²) < 4.78 is 5.00. The van der Waals surface area contributed by atoms with Gasteiger partial charge in [0.1, 0.15) is 0 Å². The van der Waals surface area contributed by atoms with Crippen molar-refractivity contribution in [2.75, 3.05) is 12.4 Å². The van der Waals surface area contributed by atoms with E-state index in [-0.39, 0.29) is 17.9 Å². The molecule has 2 aliphatic heterocycles. The van der Waals surface area contributed by atoms with Crippen LogP contribution in [0.5, 0.6) is 0 Å². The van der Waals surface area contributed by atoms with E-state index < -0.39 is 0 Å². The second-order valence-corrected chi connectivity index (χ2v) is 4.78. The van der Waals surface area contributed by atoms with Gasteiger partial charge in [-0.25, -0.2) is 9.79 Å². The molecule has 0 aromatic rings. The number of hydrogen-bond acceptors (Lipinski definition) is 5. The van der Waals surface area contributed by atoms with Crippen LogP contribution in [0, 0.1) is 0 Å². The summed E-state index contributed by atoms with van der Waals surface area (Å²) in [7, 11) is 0. The predicted molar refractivity (Wildman–Crippen MR) is 65.5 cm³/mol. The van der Waals surface area contributed by atoms with Crippen molar-refractivity contribution in [2.24, 2.45) is 4.99 Å². The standard InChI is InChI=1S/C11H14N2O3S/c1-4-16-10(15)9-6(2)12-11-13(7(9)3)8(14)5-17-11/h7H,4-5H2,1-3H3. The molecule has 2 rings (SSSR count). The minimum absolute atomic E-state index is 0.00412. The fraction of sp³-hybridized carbons (Fsp3) is 0.545. The first kappa shape index (κ1) is 12.2. The first-order valence-corrected chi connectivity index (χ1v) is 6.46. The maximum absolute atomic E-state index is 11.8. The number of ether oxygens (including phenoxy) is 1. The number of thioether (sulfide) groups is 1. The van der Waals surface area contributed by atoms with E-state index in [1.165, 1.54) is 11.8 Å². The van der Waals surface area contributed by atoms with Gasteiger partial charge in [-0.2, -0.15) is 0 Å². The first-order valence-electron chi connectivity index (χ1n) is 5.47. The number of rotatable bonds is 2. The monoisotopic (exact) mass is 254 g/mol. The van der Waals surface area contributed by atoms with E-state index in [9.17, 15) is 9.59 Å². The van der Waals surface area contributed by atoms with E-state index in [2.05, 4.69) is 4.99 Å². The highest BCUT2D eigenvalue weighted by Gasteiger charge is 2.39. The Labute approximate surface area is 104 Å². The van der Waals surface area contributed by atoms with Crippen LogP contribution in [0.1, 0.15) is 20.8 Å². The number of carbonyl (C=O) groups excluding carboxylic acids is 2. The lowest BCUT2D eigenvalue weighted by Crippen LogP contribution is -2.43. The van der Waals surface area contributed by atoms with Crippen molar-refractivity contribution in [3.8, 4) is 0 Å². The number of nitrogens with zero attached hydrogens (tertiary/aromatic N) is 2. The average Bonchev–Trinajstić information content (AvgIpc) is 2.60. The molecule has 1 unspecified atom stereocenters. The van der Waals surface area contributed by atoms with Gasteiger partial charge in [0.05, 0.1) is 29.7 Å². The summed E-state index contributed by atoms with van der Waals surface area (Å²) in [5, 5.41) is 0.688. The third kappa shape index (κ3) is 1.97. The third-order valence-electron chi connectivity index (χ3n) is 2.75. The van der Waals surface area contributed by atoms with E-state index >= 15 is 0 Å². The van der Waals surface area contributed by atoms with Crippen LogP contribution >= 0.6 is 11.8 Å². The summed E-state index contributed by atoms with van der Waals surface area (Å²) in [5.74, 6) is 0.00701. The molecule has 1 amide bonds. The van der Waals surface area contributed by atoms with Gasteiger partial charge in [0.25, 0.3) is 0 Å². The molecular formula is C11H14N2O3S. The Kier molecular flexibility index (Phi) is 3.24. The lowest BCUT2D eigenvalue weighted by atomic mass is 10.0. The van der Waals surface area contributed by atoms with E-state index in [1.807, 2.05) is 6.92 Å². The number of carbonyl (C=O) groups is 2. The van der Waals surface area contributed by atoms with Gasteiger partial charge in [0, 0.05) is 0 Å². The van der Waals surface area contributed by atoms with E-state index in [0.29, 0.717) is 28.8 Å². The van der Waals surface area contributed by atoms with Crippen LogP contribution in [0.3, 0.4) is 0 Å². The van der Waals surface area contributed by atoms with Crippen LogP contribution in [0.25, 0.3) is 0 Å². The maximum atomic E-state index is 11.8. The molecule has 0 radical (unpaired) electrons. The molecule has 0 saturated carbocycles. The maximum Gasteiger partial charge on any atom is 0.337 e. The van der Waals surface area contributed by atoms with Crippen molar-refractivity contribution in [2.45, 2.75) is 26.8 Å². The second kappa shape index (κ2) is 4.52. The number of hydrogen-bond donors (Lipinski definition) is 0. The Bertz CT molecular complexity index is 442. The molecular weight excluding hydrogens is 240 g/mol. The van der Waals surface area contributed by atoms with Crippen LogP contribution in [0.2, 0.25) is 0 Å². The fourth-order valence-corrected chi connectivity index (χ4v) is 2.99. The second-order valence-electron chi connectivity index (χ2n) is 3.84. The number of allylic oxidation sites excluding steroid dienone is 1. The highest BCUT2D eigenvalue weighted by molar-refractivity contribution is 8.15. The van der Waals surface area contributed by atoms with Gasteiger partial charge >= 0.3 is 5.97 Å². The number of aliphatic imine (C=N–C) groups is 1. The van der Waals surface area contributed by atoms with Crippen LogP contribution in [-0.2, 0) is 14.3 Å². The molecule has 0 bridgehead atoms. The van der Waals surface area contributed by atoms with Gasteiger partial charge in [-0.1, -0.05) is 11.8 Å². The highest BCUT2D eigenvalue weighted by atomic mass is 32.2. The largest absolute Gasteiger partial charge is 0.463 e. The molecule has 92 valence electrons. The van der Waals surface area contributed by atoms with Crippen molar-refractivity contribution < 1.29 is 14.3 Å². The number of amidine groups is 1. The molecule has 0 N–H and O–H groups in total. The number of fused-ring (bicyclic) bond motifs is 1. The molecule has 0 aliphatic carbocycles. The Morgan fingerprint density at radius 2 is 2.35 bits per heavy atom. The Balaban J connectivity index is 2.36. The van der Waals surface area contributed by atoms with Crippen LogP contribution in [0.15, 0.2) is 16.3 Å². The fourth-order valence-electron chi connectivity index (χ4n) is 2.00. The number of esters is 1. The lowest BCUT2D eigenvalue weighted by Gasteiger charge is -2.29. The minimum Gasteiger partial charge on any atom is -0.463 e. The molecule has 1 saturated heterocycles. The minimum atomic E-state index is -0.384. The van der Waals surface area contributed by atoms with Crippen molar-refractivity contribution in [1.82, 2.24) is 4.90 Å². The van der Waals surface area contributed by atoms with Gasteiger partial charge in [-0.15, -0.1) is 0 Å². The zero-order chi connectivity index (χ0) is 12.6. The van der Waals surface area contributed by atoms with Gasteiger partial charge in [0.2, 0.25) is 5.91 Å². The van der Waals surface area contributed by atoms with Gasteiger partial charge in [0.15, 0.2) is 5.17 Å². The SMILES string of the molecule is CCOC(=O)C1=C(C)N=C2SCC(=O)N2C1C. The summed E-state index contributed by atoms with van der Waals surface area (Å²) in [6.07, 6.45) is 0. The van der Waals surface area contributed by atoms with Crippen LogP contribution < -0.4 is 0 Å². The van der Waals surface area contributed by atoms with Gasteiger partial charge in [-0.05, 0) is 20.8 Å². The average molecular weight is 254 g/mol. The molecule has 5 nitrogen and oxygen atoms in total. The normalized spacial score (nSPS) is 23.7. The zero-order valence-electron chi connectivity index (χ0n) is 10.0. The highest BCUT2D eigenvalue weighted by Crippen LogP contribution is 2.31. The van der Waals surface area contributed by atoms with Crippen molar-refractivity contribution in [3.05, 3.63) is 11.3 Å². The summed E-state index contributed by atoms with van der Waals surface area (Å²) >= 11 is 1.41. The molecule has 1 fully saturated rings. The van der Waals surface area contributed by atoms with E-state index in [1.54, 1.807) is 18.7 Å². The van der Waals surface area contributed by atoms with Gasteiger partial charge < -0.3 is 4.74 Å². The Morgan fingerprint density at radius 3 is 3.00 bits per heavy atom. The Morgan fingerprint density at radius 1 is 1.65 bits per heavy atom. The molecule has 1 atom stereocenters. The first-order chi connectivity index (χ1) is 8.06. The van der Waals surface area contributed by atoms with Gasteiger partial charge in [-0.3, -0.25) is 9.69 Å². The lowest BCUT2D eigenvalue weighted by molar-refractivity contribution is -0.139. The molecule has 17 heavy (non-hydrogen) atoms. The van der Waals surface area contributed by atoms with Crippen LogP contribution in [0.4, 0.5) is 0 Å². The summed E-state index contributed by atoms with van der Waals surface area (Å²) in [6, 6.07) is -0.288. The molecule has 2 heterocycles. The molecule has 0 aromatic heterocycles. The summed E-state index contributed by atoms with van der Waals surface area (Å²) in [6.45, 7) is 5.68. The van der Waals surface area contributed by atoms with E-state index in [4.69, 9.17) is 4.74 Å². The van der Waals surface area contributed by atoms with E-state index in [0.717, 1.165) is 0 Å². The molecule has 0 spiro atoms. The van der Waals surface area contributed by atoms with Crippen molar-refractivity contribution >= 4 is 28.8 Å². The van der Waals surface area contributed by atoms with Crippen molar-refractivity contribution in [3.63, 3.8) is 0 Å². The summed E-state index contributed by atoms with van der Waals surface area (Å²) in [4.78, 5) is 29.4. The molecule has 2 aliphatic rings. The third-order valence-corrected chi connectivity index (χ3v) is 3.69. The molecule has 6 heteroatoms. The number of amides is 1. The van der Waals surface area contributed by atoms with Crippen molar-refractivity contribution in [1.29, 1.82) is 0 Å². The summed E-state index contributed by atoms with van der Waals surface area (Å²) in [5.41, 5.74) is 1.12. The quantitative estimate of drug-likeness (QED) is 0.694. The molecule has 0 aromatic carbocycles. The van der Waals surface area contributed by atoms with Crippen LogP contribution in [-0.4, -0.2) is 40.3 Å². The smallest absolute Gasteiger partial charge is 0.337 e. The Hall–Kier alpha value is -1.30.